The van der Waals surface area contributed by atoms with Crippen molar-refractivity contribution in [2.45, 2.75) is 63.6 Å². The Balaban J connectivity index is 0.991. The summed E-state index contributed by atoms with van der Waals surface area (Å²) in [4.78, 5) is 31.8. The zero-order valence-corrected chi connectivity index (χ0v) is 22.5. The van der Waals surface area contributed by atoms with Crippen molar-refractivity contribution >= 4 is 11.8 Å². The van der Waals surface area contributed by atoms with Gasteiger partial charge in [-0.2, -0.15) is 0 Å². The molecule has 3 aliphatic rings. The first-order chi connectivity index (χ1) is 19.5. The lowest BCUT2D eigenvalue weighted by Crippen LogP contribution is -2.49. The standard InChI is InChI=1S/C30H34N4O6/c1-18-28(40-17-33-18)16-39-25-9-6-21-11-26(31-12-22(21)10-25)27(35)13-32-29(36)19-2-4-20(5-3-19)30(37)34-23-7-8-24(34)15-38-14-23/h2-6,9-10,17,23-24,26-27,31,35H,7-8,11-16H2,1H3,(H,32,36)/t23?,24?,26-,27?/m0/s1. The summed E-state index contributed by atoms with van der Waals surface area (Å²) in [6, 6.07) is 12.7. The Bertz CT molecular complexity index is 1360. The lowest BCUT2D eigenvalue weighted by molar-refractivity contribution is -0.00716. The smallest absolute Gasteiger partial charge is 0.254 e. The molecule has 10 heteroatoms. The van der Waals surface area contributed by atoms with Gasteiger partial charge in [-0.15, -0.1) is 0 Å². The molecule has 0 radical (unpaired) electrons. The van der Waals surface area contributed by atoms with Gasteiger partial charge in [0.25, 0.3) is 11.8 Å². The van der Waals surface area contributed by atoms with E-state index >= 15 is 0 Å². The van der Waals surface area contributed by atoms with Crippen LogP contribution in [-0.4, -0.2) is 70.8 Å². The van der Waals surface area contributed by atoms with Gasteiger partial charge in [-0.1, -0.05) is 6.07 Å². The van der Waals surface area contributed by atoms with Crippen LogP contribution in [0, 0.1) is 6.92 Å². The number of ether oxygens (including phenoxy) is 2. The number of oxazole rings is 1. The number of aryl methyl sites for hydroxylation is 1. The van der Waals surface area contributed by atoms with Gasteiger partial charge in [-0.25, -0.2) is 4.98 Å². The Kier molecular flexibility index (Phi) is 7.55. The summed E-state index contributed by atoms with van der Waals surface area (Å²) in [6.45, 7) is 4.07. The van der Waals surface area contributed by atoms with Crippen molar-refractivity contribution < 1.29 is 28.6 Å². The van der Waals surface area contributed by atoms with Crippen molar-refractivity contribution in [3.05, 3.63) is 82.6 Å². The molecule has 6 rings (SSSR count). The molecule has 4 heterocycles. The van der Waals surface area contributed by atoms with Crippen LogP contribution >= 0.6 is 0 Å². The minimum Gasteiger partial charge on any atom is -0.486 e. The molecule has 0 aliphatic carbocycles. The van der Waals surface area contributed by atoms with Gasteiger partial charge in [0.05, 0.1) is 37.1 Å². The normalized spacial score (nSPS) is 22.4. The number of rotatable bonds is 8. The highest BCUT2D eigenvalue weighted by Gasteiger charge is 2.40. The van der Waals surface area contributed by atoms with Gasteiger partial charge < -0.3 is 34.5 Å². The number of hydrogen-bond donors (Lipinski definition) is 3. The number of morpholine rings is 1. The number of carbonyl (C=O) groups excluding carboxylic acids is 2. The van der Waals surface area contributed by atoms with Gasteiger partial charge in [0, 0.05) is 30.3 Å². The van der Waals surface area contributed by atoms with E-state index in [4.69, 9.17) is 13.9 Å². The van der Waals surface area contributed by atoms with Crippen LogP contribution in [0.5, 0.6) is 5.75 Å². The number of fused-ring (bicyclic) bond motifs is 3. The molecule has 2 aromatic carbocycles. The third-order valence-electron chi connectivity index (χ3n) is 8.19. The molecule has 2 amide bonds. The average Bonchev–Trinajstić information content (AvgIpc) is 3.51. The van der Waals surface area contributed by atoms with Crippen molar-refractivity contribution in [1.29, 1.82) is 0 Å². The number of nitrogens with one attached hydrogen (secondary N) is 2. The van der Waals surface area contributed by atoms with E-state index in [0.717, 1.165) is 35.4 Å². The fraction of sp³-hybridized carbons (Fsp3) is 0.433. The largest absolute Gasteiger partial charge is 0.486 e. The molecule has 1 aromatic heterocycles. The van der Waals surface area contributed by atoms with E-state index in [9.17, 15) is 14.7 Å². The number of aliphatic hydroxyl groups is 1. The van der Waals surface area contributed by atoms with Crippen molar-refractivity contribution in [1.82, 2.24) is 20.5 Å². The van der Waals surface area contributed by atoms with Crippen LogP contribution in [0.4, 0.5) is 0 Å². The summed E-state index contributed by atoms with van der Waals surface area (Å²) >= 11 is 0. The molecule has 2 bridgehead atoms. The molecule has 3 aliphatic heterocycles. The fourth-order valence-electron chi connectivity index (χ4n) is 5.81. The van der Waals surface area contributed by atoms with Gasteiger partial charge in [0.2, 0.25) is 0 Å². The van der Waals surface area contributed by atoms with Gasteiger partial charge in [-0.3, -0.25) is 9.59 Å². The maximum atomic E-state index is 13.0. The van der Waals surface area contributed by atoms with Crippen LogP contribution in [0.25, 0.3) is 0 Å². The highest BCUT2D eigenvalue weighted by Crippen LogP contribution is 2.30. The summed E-state index contributed by atoms with van der Waals surface area (Å²) < 4.78 is 16.8. The molecule has 3 N–H and O–H groups in total. The molecule has 0 spiro atoms. The molecule has 10 nitrogen and oxygen atoms in total. The lowest BCUT2D eigenvalue weighted by Gasteiger charge is -2.34. The van der Waals surface area contributed by atoms with Crippen LogP contribution in [0.2, 0.25) is 0 Å². The van der Waals surface area contributed by atoms with Crippen molar-refractivity contribution in [3.63, 3.8) is 0 Å². The maximum absolute atomic E-state index is 13.0. The van der Waals surface area contributed by atoms with Gasteiger partial charge in [-0.05, 0) is 73.7 Å². The van der Waals surface area contributed by atoms with E-state index in [2.05, 4.69) is 15.6 Å². The van der Waals surface area contributed by atoms with Crippen LogP contribution < -0.4 is 15.4 Å². The van der Waals surface area contributed by atoms with Crippen molar-refractivity contribution in [2.24, 2.45) is 0 Å². The molecule has 40 heavy (non-hydrogen) atoms. The van der Waals surface area contributed by atoms with E-state index in [1.165, 1.54) is 6.39 Å². The zero-order valence-electron chi connectivity index (χ0n) is 22.5. The first kappa shape index (κ1) is 26.5. The van der Waals surface area contributed by atoms with Crippen LogP contribution in [0.3, 0.4) is 0 Å². The molecule has 2 fully saturated rings. The van der Waals surface area contributed by atoms with E-state index in [1.807, 2.05) is 30.0 Å². The van der Waals surface area contributed by atoms with Crippen LogP contribution in [-0.2, 0) is 24.3 Å². The molecule has 4 atom stereocenters. The van der Waals surface area contributed by atoms with E-state index in [-0.39, 0.29) is 36.5 Å². The Morgan fingerprint density at radius 3 is 2.60 bits per heavy atom. The first-order valence-corrected chi connectivity index (χ1v) is 13.8. The second-order valence-electron chi connectivity index (χ2n) is 10.8. The number of nitrogens with zero attached hydrogens (tertiary/aromatic N) is 2. The Morgan fingerprint density at radius 2 is 1.88 bits per heavy atom. The summed E-state index contributed by atoms with van der Waals surface area (Å²) in [5, 5.41) is 17.0. The lowest BCUT2D eigenvalue weighted by atomic mass is 9.92. The zero-order chi connectivity index (χ0) is 27.6. The summed E-state index contributed by atoms with van der Waals surface area (Å²) in [7, 11) is 0. The monoisotopic (exact) mass is 546 g/mol. The molecular weight excluding hydrogens is 512 g/mol. The van der Waals surface area contributed by atoms with Gasteiger partial charge in [0.1, 0.15) is 12.4 Å². The summed E-state index contributed by atoms with van der Waals surface area (Å²) in [5.41, 5.74) is 4.07. The number of carbonyl (C=O) groups is 2. The van der Waals surface area contributed by atoms with E-state index in [1.54, 1.807) is 24.3 Å². The van der Waals surface area contributed by atoms with Crippen molar-refractivity contribution in [2.75, 3.05) is 19.8 Å². The summed E-state index contributed by atoms with van der Waals surface area (Å²) in [5.74, 6) is 1.15. The Labute approximate surface area is 232 Å². The molecule has 3 aromatic rings. The Morgan fingerprint density at radius 1 is 1.12 bits per heavy atom. The molecular formula is C30H34N4O6. The predicted octanol–water partition coefficient (Wildman–Crippen LogP) is 2.37. The predicted molar refractivity (Wildman–Crippen MR) is 145 cm³/mol. The highest BCUT2D eigenvalue weighted by atomic mass is 16.5. The number of benzene rings is 2. The number of aromatic nitrogens is 1. The van der Waals surface area contributed by atoms with Crippen LogP contribution in [0.1, 0.15) is 56.1 Å². The van der Waals surface area contributed by atoms with Crippen LogP contribution in [0.15, 0.2) is 53.3 Å². The summed E-state index contributed by atoms with van der Waals surface area (Å²) in [6.07, 6.45) is 3.22. The number of aliphatic hydroxyl groups excluding tert-OH is 1. The molecule has 0 saturated carbocycles. The third-order valence-corrected chi connectivity index (χ3v) is 8.19. The average molecular weight is 547 g/mol. The Hall–Kier alpha value is -3.73. The second kappa shape index (κ2) is 11.4. The number of hydrogen-bond acceptors (Lipinski definition) is 8. The SMILES string of the molecule is Cc1ncoc1COc1ccc2c(c1)CN[C@H](C(O)CNC(=O)c1ccc(C(=O)N3C4CCC3COC4)cc1)C2. The third kappa shape index (κ3) is 5.47. The minimum absolute atomic E-state index is 0.00885. The van der Waals surface area contributed by atoms with Gasteiger partial charge >= 0.3 is 0 Å². The van der Waals surface area contributed by atoms with E-state index < -0.39 is 6.10 Å². The second-order valence-corrected chi connectivity index (χ2v) is 10.8. The minimum atomic E-state index is -0.764. The highest BCUT2D eigenvalue weighted by molar-refractivity contribution is 5.98. The van der Waals surface area contributed by atoms with Crippen molar-refractivity contribution in [3.8, 4) is 5.75 Å². The van der Waals surface area contributed by atoms with Gasteiger partial charge in [0.15, 0.2) is 12.2 Å². The van der Waals surface area contributed by atoms with E-state index in [0.29, 0.717) is 49.7 Å². The first-order valence-electron chi connectivity index (χ1n) is 13.8. The number of amides is 2. The maximum Gasteiger partial charge on any atom is 0.254 e. The molecule has 210 valence electrons. The fourth-order valence-corrected chi connectivity index (χ4v) is 5.81. The topological polar surface area (TPSA) is 126 Å². The molecule has 2 saturated heterocycles. The quantitative estimate of drug-likeness (QED) is 0.393. The molecule has 3 unspecified atom stereocenters.